The molecule has 0 amide bonds. The predicted molar refractivity (Wildman–Crippen MR) is 51.0 cm³/mol. The highest BCUT2D eigenvalue weighted by Crippen LogP contribution is 2.45. The molecule has 2 N–H and O–H groups in total. The lowest BCUT2D eigenvalue weighted by atomic mass is 9.87. The minimum Gasteiger partial charge on any atom is -0.329 e. The largest absolute Gasteiger partial charge is 0.329 e. The molecule has 2 nitrogen and oxygen atoms in total. The molecule has 70 valence electrons. The molecule has 2 aliphatic rings. The highest BCUT2D eigenvalue weighted by atomic mass is 15.3. The van der Waals surface area contributed by atoms with Gasteiger partial charge < -0.3 is 5.73 Å². The molecule has 1 saturated carbocycles. The average molecular weight is 168 g/mol. The highest BCUT2D eigenvalue weighted by Gasteiger charge is 2.48. The first kappa shape index (κ1) is 8.52. The van der Waals surface area contributed by atoms with Gasteiger partial charge in [0.25, 0.3) is 0 Å². The number of hydrogen-bond acceptors (Lipinski definition) is 2. The van der Waals surface area contributed by atoms with Gasteiger partial charge in [0, 0.05) is 24.7 Å². The fourth-order valence-corrected chi connectivity index (χ4v) is 2.50. The summed E-state index contributed by atoms with van der Waals surface area (Å²) < 4.78 is 0. The molecule has 0 spiro atoms. The van der Waals surface area contributed by atoms with E-state index in [0.29, 0.717) is 5.54 Å². The van der Waals surface area contributed by atoms with E-state index in [-0.39, 0.29) is 0 Å². The fraction of sp³-hybridized carbons (Fsp3) is 1.00. The number of rotatable bonds is 3. The van der Waals surface area contributed by atoms with Crippen LogP contribution < -0.4 is 5.73 Å². The number of nitrogens with zero attached hydrogens (tertiary/aromatic N) is 1. The van der Waals surface area contributed by atoms with Crippen LogP contribution in [-0.2, 0) is 0 Å². The lowest BCUT2D eigenvalue weighted by Crippen LogP contribution is -2.62. The topological polar surface area (TPSA) is 29.3 Å². The summed E-state index contributed by atoms with van der Waals surface area (Å²) in [5.74, 6) is 0.894. The van der Waals surface area contributed by atoms with Crippen molar-refractivity contribution < 1.29 is 0 Å². The Morgan fingerprint density at radius 1 is 1.42 bits per heavy atom. The molecule has 2 unspecified atom stereocenters. The Bertz CT molecular complexity index is 177. The molecular weight excluding hydrogens is 148 g/mol. The Hall–Kier alpha value is -0.0800. The van der Waals surface area contributed by atoms with E-state index in [1.165, 1.54) is 25.8 Å². The fourth-order valence-electron chi connectivity index (χ4n) is 2.50. The second-order valence-corrected chi connectivity index (χ2v) is 4.67. The van der Waals surface area contributed by atoms with Gasteiger partial charge in [-0.25, -0.2) is 0 Å². The third kappa shape index (κ3) is 1.09. The van der Waals surface area contributed by atoms with E-state index >= 15 is 0 Å². The Labute approximate surface area is 75.1 Å². The Morgan fingerprint density at radius 3 is 2.33 bits per heavy atom. The van der Waals surface area contributed by atoms with Crippen LogP contribution >= 0.6 is 0 Å². The Balaban J connectivity index is 2.05. The number of likely N-dealkylation sites (tertiary alicyclic amines) is 1. The van der Waals surface area contributed by atoms with Crippen LogP contribution in [0.4, 0.5) is 0 Å². The lowest BCUT2D eigenvalue weighted by Gasteiger charge is -2.51. The SMILES string of the molecule is CC1CCN1C(C)(CN)C1CC1. The predicted octanol–water partition coefficient (Wildman–Crippen LogP) is 1.21. The number of nitrogens with two attached hydrogens (primary N) is 1. The zero-order valence-electron chi connectivity index (χ0n) is 8.21. The van der Waals surface area contributed by atoms with Gasteiger partial charge in [-0.15, -0.1) is 0 Å². The molecule has 1 aliphatic heterocycles. The zero-order chi connectivity index (χ0) is 8.77. The van der Waals surface area contributed by atoms with E-state index in [2.05, 4.69) is 18.7 Å². The molecule has 0 aromatic rings. The average Bonchev–Trinajstić information content (AvgIpc) is 2.83. The van der Waals surface area contributed by atoms with Gasteiger partial charge in [-0.3, -0.25) is 4.90 Å². The summed E-state index contributed by atoms with van der Waals surface area (Å²) in [6.07, 6.45) is 4.16. The quantitative estimate of drug-likeness (QED) is 0.686. The zero-order valence-corrected chi connectivity index (χ0v) is 8.21. The Morgan fingerprint density at radius 2 is 2.08 bits per heavy atom. The molecule has 2 rings (SSSR count). The number of hydrogen-bond donors (Lipinski definition) is 1. The summed E-state index contributed by atoms with van der Waals surface area (Å²) in [6.45, 7) is 6.77. The minimum atomic E-state index is 0.331. The van der Waals surface area contributed by atoms with Crippen molar-refractivity contribution in [3.63, 3.8) is 0 Å². The van der Waals surface area contributed by atoms with Crippen molar-refractivity contribution in [2.45, 2.75) is 44.7 Å². The third-order valence-electron chi connectivity index (χ3n) is 3.85. The van der Waals surface area contributed by atoms with E-state index in [9.17, 15) is 0 Å². The Kier molecular flexibility index (Phi) is 1.92. The highest BCUT2D eigenvalue weighted by molar-refractivity contribution is 5.04. The van der Waals surface area contributed by atoms with E-state index in [1.54, 1.807) is 0 Å². The molecule has 0 radical (unpaired) electrons. The van der Waals surface area contributed by atoms with Crippen molar-refractivity contribution in [1.29, 1.82) is 0 Å². The summed E-state index contributed by atoms with van der Waals surface area (Å²) in [5.41, 5.74) is 6.21. The van der Waals surface area contributed by atoms with E-state index in [0.717, 1.165) is 18.5 Å². The van der Waals surface area contributed by atoms with Crippen LogP contribution in [0, 0.1) is 5.92 Å². The van der Waals surface area contributed by atoms with E-state index in [1.807, 2.05) is 0 Å². The first-order chi connectivity index (χ1) is 5.68. The van der Waals surface area contributed by atoms with E-state index < -0.39 is 0 Å². The summed E-state index contributed by atoms with van der Waals surface area (Å²) in [4.78, 5) is 2.60. The standard InChI is InChI=1S/C10H20N2/c1-8-5-6-12(8)10(2,7-11)9-3-4-9/h8-9H,3-7,11H2,1-2H3. The van der Waals surface area contributed by atoms with Crippen molar-refractivity contribution in [3.8, 4) is 0 Å². The van der Waals surface area contributed by atoms with Gasteiger partial charge in [-0.1, -0.05) is 0 Å². The molecule has 0 bridgehead atoms. The van der Waals surface area contributed by atoms with Gasteiger partial charge in [0.2, 0.25) is 0 Å². The normalized spacial score (nSPS) is 35.8. The molecule has 1 aliphatic carbocycles. The molecule has 0 aromatic heterocycles. The summed E-state index contributed by atoms with van der Waals surface area (Å²) in [7, 11) is 0. The van der Waals surface area contributed by atoms with Crippen LogP contribution in [0.5, 0.6) is 0 Å². The van der Waals surface area contributed by atoms with Crippen molar-refractivity contribution >= 4 is 0 Å². The maximum atomic E-state index is 5.88. The molecule has 12 heavy (non-hydrogen) atoms. The second-order valence-electron chi connectivity index (χ2n) is 4.67. The molecule has 1 heterocycles. The molecule has 2 heteroatoms. The summed E-state index contributed by atoms with van der Waals surface area (Å²) >= 11 is 0. The minimum absolute atomic E-state index is 0.331. The van der Waals surface area contributed by atoms with Gasteiger partial charge in [0.1, 0.15) is 0 Å². The maximum Gasteiger partial charge on any atom is 0.0334 e. The first-order valence-corrected chi connectivity index (χ1v) is 5.15. The van der Waals surface area contributed by atoms with Gasteiger partial charge in [-0.2, -0.15) is 0 Å². The molecular formula is C10H20N2. The summed E-state index contributed by atoms with van der Waals surface area (Å²) in [5, 5.41) is 0. The van der Waals surface area contributed by atoms with Gasteiger partial charge in [0.15, 0.2) is 0 Å². The van der Waals surface area contributed by atoms with Gasteiger partial charge in [0.05, 0.1) is 0 Å². The second kappa shape index (κ2) is 2.71. The maximum absolute atomic E-state index is 5.88. The van der Waals surface area contributed by atoms with Crippen LogP contribution in [0.2, 0.25) is 0 Å². The van der Waals surface area contributed by atoms with Crippen molar-refractivity contribution in [2.75, 3.05) is 13.1 Å². The van der Waals surface area contributed by atoms with Crippen LogP contribution in [0.1, 0.15) is 33.1 Å². The first-order valence-electron chi connectivity index (χ1n) is 5.15. The molecule has 1 saturated heterocycles. The van der Waals surface area contributed by atoms with Crippen LogP contribution in [-0.4, -0.2) is 29.6 Å². The van der Waals surface area contributed by atoms with E-state index in [4.69, 9.17) is 5.73 Å². The van der Waals surface area contributed by atoms with Crippen molar-refractivity contribution in [1.82, 2.24) is 4.90 Å². The van der Waals surface area contributed by atoms with Crippen LogP contribution in [0.15, 0.2) is 0 Å². The monoisotopic (exact) mass is 168 g/mol. The van der Waals surface area contributed by atoms with Crippen LogP contribution in [0.25, 0.3) is 0 Å². The molecule has 2 fully saturated rings. The van der Waals surface area contributed by atoms with Crippen molar-refractivity contribution in [3.05, 3.63) is 0 Å². The third-order valence-corrected chi connectivity index (χ3v) is 3.85. The smallest absolute Gasteiger partial charge is 0.0334 e. The van der Waals surface area contributed by atoms with Crippen molar-refractivity contribution in [2.24, 2.45) is 11.7 Å². The molecule has 0 aromatic carbocycles. The van der Waals surface area contributed by atoms with Crippen LogP contribution in [0.3, 0.4) is 0 Å². The lowest BCUT2D eigenvalue weighted by molar-refractivity contribution is -0.0177. The summed E-state index contributed by atoms with van der Waals surface area (Å²) in [6, 6.07) is 0.777. The van der Waals surface area contributed by atoms with Gasteiger partial charge in [-0.05, 0) is 39.0 Å². The van der Waals surface area contributed by atoms with Gasteiger partial charge >= 0.3 is 0 Å². The molecule has 2 atom stereocenters.